The number of fused-ring (bicyclic) bond motifs is 2. The predicted molar refractivity (Wildman–Crippen MR) is 94.6 cm³/mol. The van der Waals surface area contributed by atoms with Crippen LogP contribution in [0.5, 0.6) is 11.5 Å². The summed E-state index contributed by atoms with van der Waals surface area (Å²) in [4.78, 5) is 50.8. The van der Waals surface area contributed by atoms with E-state index in [1.807, 2.05) is 0 Å². The van der Waals surface area contributed by atoms with Gasteiger partial charge in [0.2, 0.25) is 18.6 Å². The van der Waals surface area contributed by atoms with Crippen molar-refractivity contribution in [1.82, 2.24) is 4.90 Å². The van der Waals surface area contributed by atoms with Gasteiger partial charge in [-0.15, -0.1) is 0 Å². The molecular formula is C20H21NO7. The van der Waals surface area contributed by atoms with E-state index in [4.69, 9.17) is 14.2 Å². The maximum absolute atomic E-state index is 12.6. The van der Waals surface area contributed by atoms with E-state index in [0.29, 0.717) is 29.9 Å². The summed E-state index contributed by atoms with van der Waals surface area (Å²) in [5.74, 6) is -1.43. The first-order chi connectivity index (χ1) is 13.5. The van der Waals surface area contributed by atoms with E-state index in [-0.39, 0.29) is 30.4 Å². The summed E-state index contributed by atoms with van der Waals surface area (Å²) in [6, 6.07) is 3.66. The molecule has 8 nitrogen and oxygen atoms in total. The van der Waals surface area contributed by atoms with Crippen molar-refractivity contribution in [3.05, 3.63) is 23.8 Å². The second kappa shape index (κ2) is 7.26. The van der Waals surface area contributed by atoms with E-state index < -0.39 is 24.4 Å². The molecule has 1 saturated carbocycles. The Hall–Kier alpha value is -2.90. The highest BCUT2D eigenvalue weighted by Gasteiger charge is 2.51. The lowest BCUT2D eigenvalue weighted by atomic mass is 9.81. The monoisotopic (exact) mass is 387 g/mol. The number of hydrogen-bond acceptors (Lipinski definition) is 7. The van der Waals surface area contributed by atoms with Crippen LogP contribution < -0.4 is 9.47 Å². The number of imide groups is 1. The Morgan fingerprint density at radius 3 is 2.43 bits per heavy atom. The molecule has 0 aromatic heterocycles. The molecular weight excluding hydrogens is 366 g/mol. The molecule has 0 radical (unpaired) electrons. The number of amides is 2. The van der Waals surface area contributed by atoms with Gasteiger partial charge in [0.05, 0.1) is 11.8 Å². The lowest BCUT2D eigenvalue weighted by molar-refractivity contribution is -0.157. The van der Waals surface area contributed by atoms with Crippen LogP contribution >= 0.6 is 0 Å². The van der Waals surface area contributed by atoms with Crippen molar-refractivity contribution in [2.75, 3.05) is 13.4 Å². The zero-order chi connectivity index (χ0) is 19.8. The van der Waals surface area contributed by atoms with Crippen LogP contribution in [0.2, 0.25) is 0 Å². The number of ether oxygens (including phenoxy) is 3. The molecule has 4 rings (SSSR count). The molecule has 28 heavy (non-hydrogen) atoms. The topological polar surface area (TPSA) is 99.2 Å². The van der Waals surface area contributed by atoms with Crippen LogP contribution in [0.25, 0.3) is 0 Å². The summed E-state index contributed by atoms with van der Waals surface area (Å²) in [5.41, 5.74) is 0.323. The largest absolute Gasteiger partial charge is 0.456 e. The number of carbonyl (C=O) groups excluding carboxylic acids is 4. The molecule has 0 spiro atoms. The maximum Gasteiger partial charge on any atom is 0.329 e. The molecule has 1 aliphatic carbocycles. The first-order valence-electron chi connectivity index (χ1n) is 9.44. The van der Waals surface area contributed by atoms with Gasteiger partial charge in [-0.1, -0.05) is 12.8 Å². The number of rotatable bonds is 5. The Bertz CT molecular complexity index is 825. The number of carbonyl (C=O) groups is 4. The van der Waals surface area contributed by atoms with Crippen LogP contribution in [0, 0.1) is 11.8 Å². The van der Waals surface area contributed by atoms with Gasteiger partial charge in [0.15, 0.2) is 23.9 Å². The molecule has 1 saturated heterocycles. The molecule has 1 aromatic rings. The molecule has 8 heteroatoms. The Morgan fingerprint density at radius 2 is 1.75 bits per heavy atom. The van der Waals surface area contributed by atoms with Crippen LogP contribution in [0.1, 0.15) is 43.0 Å². The van der Waals surface area contributed by atoms with E-state index >= 15 is 0 Å². The smallest absolute Gasteiger partial charge is 0.329 e. The van der Waals surface area contributed by atoms with Crippen LogP contribution in [0.15, 0.2) is 18.2 Å². The van der Waals surface area contributed by atoms with E-state index in [9.17, 15) is 19.2 Å². The Kier molecular flexibility index (Phi) is 4.78. The first-order valence-corrected chi connectivity index (χ1v) is 9.44. The number of hydrogen-bond donors (Lipinski definition) is 0. The van der Waals surface area contributed by atoms with Gasteiger partial charge in [-0.25, -0.2) is 4.79 Å². The lowest BCUT2D eigenvalue weighted by Crippen LogP contribution is -2.44. The van der Waals surface area contributed by atoms with Gasteiger partial charge in [0.25, 0.3) is 0 Å². The van der Waals surface area contributed by atoms with Crippen molar-refractivity contribution in [3.8, 4) is 11.5 Å². The number of esters is 1. The Balaban J connectivity index is 1.37. The van der Waals surface area contributed by atoms with Gasteiger partial charge < -0.3 is 14.2 Å². The van der Waals surface area contributed by atoms with Crippen molar-refractivity contribution in [2.45, 2.75) is 38.6 Å². The molecule has 0 bridgehead atoms. The molecule has 2 amide bonds. The average Bonchev–Trinajstić information content (AvgIpc) is 3.28. The van der Waals surface area contributed by atoms with Crippen molar-refractivity contribution in [1.29, 1.82) is 0 Å². The van der Waals surface area contributed by atoms with E-state index in [1.165, 1.54) is 13.0 Å². The van der Waals surface area contributed by atoms with Gasteiger partial charge in [0.1, 0.15) is 6.04 Å². The van der Waals surface area contributed by atoms with Gasteiger partial charge in [-0.3, -0.25) is 19.3 Å². The molecule has 2 aliphatic heterocycles. The fourth-order valence-electron chi connectivity index (χ4n) is 4.09. The summed E-state index contributed by atoms with van der Waals surface area (Å²) in [6.45, 7) is 1.08. The van der Waals surface area contributed by atoms with Gasteiger partial charge in [-0.2, -0.15) is 0 Å². The van der Waals surface area contributed by atoms with Gasteiger partial charge in [-0.05, 0) is 38.0 Å². The average molecular weight is 387 g/mol. The minimum Gasteiger partial charge on any atom is -0.456 e. The molecule has 148 valence electrons. The fraction of sp³-hybridized carbons (Fsp3) is 0.500. The SMILES string of the molecule is C[C@@H](C(=O)OCC(=O)c1ccc2c(c1)OCO2)N1C(=O)[C@H]2CCCC[C@H]2C1=O. The minimum absolute atomic E-state index is 0.0966. The first kappa shape index (κ1) is 18.5. The summed E-state index contributed by atoms with van der Waals surface area (Å²) in [7, 11) is 0. The summed E-state index contributed by atoms with van der Waals surface area (Å²) < 4.78 is 15.5. The number of likely N-dealkylation sites (tertiary alicyclic amines) is 1. The van der Waals surface area contributed by atoms with E-state index in [0.717, 1.165) is 17.7 Å². The highest BCUT2D eigenvalue weighted by molar-refractivity contribution is 6.08. The predicted octanol–water partition coefficient (Wildman–Crippen LogP) is 1.70. The van der Waals surface area contributed by atoms with Crippen LogP contribution in [0.4, 0.5) is 0 Å². The van der Waals surface area contributed by atoms with Gasteiger partial charge >= 0.3 is 5.97 Å². The maximum atomic E-state index is 12.6. The molecule has 3 atom stereocenters. The molecule has 0 N–H and O–H groups in total. The second-order valence-electron chi connectivity index (χ2n) is 7.32. The molecule has 2 fully saturated rings. The Morgan fingerprint density at radius 1 is 1.11 bits per heavy atom. The number of ketones is 1. The molecule has 2 heterocycles. The van der Waals surface area contributed by atoms with Crippen molar-refractivity contribution < 1.29 is 33.4 Å². The molecule has 3 aliphatic rings. The Labute approximate surface area is 161 Å². The normalized spacial score (nSPS) is 24.1. The van der Waals surface area contributed by atoms with Crippen molar-refractivity contribution in [3.63, 3.8) is 0 Å². The lowest BCUT2D eigenvalue weighted by Gasteiger charge is -2.21. The fourth-order valence-corrected chi connectivity index (χ4v) is 4.09. The zero-order valence-electron chi connectivity index (χ0n) is 15.5. The molecule has 0 unspecified atom stereocenters. The third kappa shape index (κ3) is 3.12. The van der Waals surface area contributed by atoms with Crippen LogP contribution in [0.3, 0.4) is 0 Å². The standard InChI is InChI=1S/C20H21NO7/c1-11(21-18(23)13-4-2-3-5-14(13)19(21)24)20(25)26-9-15(22)12-6-7-16-17(8-12)28-10-27-16/h6-8,11,13-14H,2-5,9-10H2,1H3/t11-,13-,14+/m0/s1. The van der Waals surface area contributed by atoms with E-state index in [1.54, 1.807) is 12.1 Å². The number of Topliss-reactive ketones (excluding diaryl/α,β-unsaturated/α-hetero) is 1. The summed E-state index contributed by atoms with van der Waals surface area (Å²) in [5, 5.41) is 0. The third-order valence-corrected chi connectivity index (χ3v) is 5.64. The summed E-state index contributed by atoms with van der Waals surface area (Å²) >= 11 is 0. The third-order valence-electron chi connectivity index (χ3n) is 5.64. The van der Waals surface area contributed by atoms with Crippen molar-refractivity contribution in [2.24, 2.45) is 11.8 Å². The molecule has 1 aromatic carbocycles. The highest BCUT2D eigenvalue weighted by Crippen LogP contribution is 2.39. The van der Waals surface area contributed by atoms with Crippen LogP contribution in [-0.2, 0) is 19.1 Å². The number of nitrogens with zero attached hydrogens (tertiary/aromatic N) is 1. The van der Waals surface area contributed by atoms with Gasteiger partial charge in [0, 0.05) is 5.56 Å². The van der Waals surface area contributed by atoms with Crippen molar-refractivity contribution >= 4 is 23.6 Å². The highest BCUT2D eigenvalue weighted by atomic mass is 16.7. The second-order valence-corrected chi connectivity index (χ2v) is 7.32. The summed E-state index contributed by atoms with van der Waals surface area (Å²) in [6.07, 6.45) is 3.18. The van der Waals surface area contributed by atoms with E-state index in [2.05, 4.69) is 0 Å². The minimum atomic E-state index is -1.05. The number of benzene rings is 1. The quantitative estimate of drug-likeness (QED) is 0.431. The van der Waals surface area contributed by atoms with Crippen LogP contribution in [-0.4, -0.2) is 47.9 Å². The zero-order valence-corrected chi connectivity index (χ0v) is 15.5.